The zero-order valence-electron chi connectivity index (χ0n) is 14.5. The lowest BCUT2D eigenvalue weighted by molar-refractivity contribution is 0.0751. The predicted molar refractivity (Wildman–Crippen MR) is 108 cm³/mol. The van der Waals surface area contributed by atoms with Crippen LogP contribution < -0.4 is 5.56 Å². The van der Waals surface area contributed by atoms with Gasteiger partial charge in [0.1, 0.15) is 17.9 Å². The molecule has 0 bridgehead atoms. The molecule has 0 aliphatic carbocycles. The summed E-state index contributed by atoms with van der Waals surface area (Å²) in [7, 11) is -1.15. The Labute approximate surface area is 160 Å². The molecule has 132 valence electrons. The molecule has 0 fully saturated rings. The lowest BCUT2D eigenvalue weighted by Gasteiger charge is -2.15. The number of benzene rings is 1. The van der Waals surface area contributed by atoms with Crippen LogP contribution >= 0.6 is 22.6 Å². The number of fused-ring (bicyclic) bond motifs is 1. The van der Waals surface area contributed by atoms with Gasteiger partial charge >= 0.3 is 0 Å². The summed E-state index contributed by atoms with van der Waals surface area (Å²) in [4.78, 5) is 16.4. The SMILES string of the molecule is C[Si](C)(C)CCOCn1nc(-c2nc3cc(I)ccc3o2)ccc1=O. The standard InChI is InChI=1S/C17H20IN3O3Si/c1-25(2,3)9-8-23-11-21-16(22)7-5-13(20-21)17-19-14-10-12(18)4-6-15(14)24-17/h4-7,10H,8-9,11H2,1-3H3. The van der Waals surface area contributed by atoms with Crippen molar-refractivity contribution in [1.29, 1.82) is 0 Å². The summed E-state index contributed by atoms with van der Waals surface area (Å²) in [6.45, 7) is 7.63. The van der Waals surface area contributed by atoms with Crippen LogP contribution in [0.3, 0.4) is 0 Å². The van der Waals surface area contributed by atoms with Gasteiger partial charge in [0.15, 0.2) is 5.58 Å². The minimum Gasteiger partial charge on any atom is -0.435 e. The number of aromatic nitrogens is 3. The highest BCUT2D eigenvalue weighted by molar-refractivity contribution is 14.1. The monoisotopic (exact) mass is 469 g/mol. The van der Waals surface area contributed by atoms with Crippen molar-refractivity contribution in [1.82, 2.24) is 14.8 Å². The lowest BCUT2D eigenvalue weighted by atomic mass is 10.3. The molecular formula is C17H20IN3O3Si. The second-order valence-electron chi connectivity index (χ2n) is 7.04. The number of halogens is 1. The molecule has 0 aliphatic heterocycles. The van der Waals surface area contributed by atoms with Gasteiger partial charge in [-0.25, -0.2) is 9.67 Å². The van der Waals surface area contributed by atoms with E-state index in [1.165, 1.54) is 10.7 Å². The Morgan fingerprint density at radius 2 is 2.04 bits per heavy atom. The van der Waals surface area contributed by atoms with E-state index in [0.29, 0.717) is 23.8 Å². The molecule has 0 N–H and O–H groups in total. The highest BCUT2D eigenvalue weighted by Gasteiger charge is 2.13. The van der Waals surface area contributed by atoms with Crippen molar-refractivity contribution in [3.8, 4) is 11.6 Å². The Morgan fingerprint density at radius 1 is 1.24 bits per heavy atom. The molecule has 0 amide bonds. The van der Waals surface area contributed by atoms with Gasteiger partial charge in [0.25, 0.3) is 5.56 Å². The van der Waals surface area contributed by atoms with Crippen molar-refractivity contribution < 1.29 is 9.15 Å². The largest absolute Gasteiger partial charge is 0.435 e. The summed E-state index contributed by atoms with van der Waals surface area (Å²) < 4.78 is 13.8. The average molecular weight is 469 g/mol. The molecule has 2 aromatic heterocycles. The Balaban J connectivity index is 1.79. The first-order valence-corrected chi connectivity index (χ1v) is 12.8. The zero-order chi connectivity index (χ0) is 18.0. The first kappa shape index (κ1) is 18.3. The smallest absolute Gasteiger partial charge is 0.268 e. The second-order valence-corrected chi connectivity index (χ2v) is 13.9. The summed E-state index contributed by atoms with van der Waals surface area (Å²) >= 11 is 2.23. The summed E-state index contributed by atoms with van der Waals surface area (Å²) in [6, 6.07) is 9.91. The van der Waals surface area contributed by atoms with Gasteiger partial charge in [-0.2, -0.15) is 5.10 Å². The fraction of sp³-hybridized carbons (Fsp3) is 0.353. The van der Waals surface area contributed by atoms with Crippen LogP contribution in [0.1, 0.15) is 0 Å². The average Bonchev–Trinajstić information content (AvgIpc) is 2.95. The first-order chi connectivity index (χ1) is 11.8. The normalized spacial score (nSPS) is 12.0. The van der Waals surface area contributed by atoms with E-state index in [9.17, 15) is 4.79 Å². The maximum atomic E-state index is 12.0. The molecule has 25 heavy (non-hydrogen) atoms. The van der Waals surface area contributed by atoms with E-state index in [2.05, 4.69) is 52.3 Å². The third-order valence-corrected chi connectivity index (χ3v) is 6.02. The molecule has 1 aromatic carbocycles. The van der Waals surface area contributed by atoms with E-state index in [1.54, 1.807) is 6.07 Å². The van der Waals surface area contributed by atoms with Crippen molar-refractivity contribution in [3.63, 3.8) is 0 Å². The third kappa shape index (κ3) is 4.76. The van der Waals surface area contributed by atoms with Gasteiger partial charge in [0.2, 0.25) is 5.89 Å². The number of ether oxygens (including phenoxy) is 1. The summed E-state index contributed by atoms with van der Waals surface area (Å²) in [5.74, 6) is 0.396. The van der Waals surface area contributed by atoms with Crippen molar-refractivity contribution >= 4 is 41.8 Å². The summed E-state index contributed by atoms with van der Waals surface area (Å²) in [5, 5.41) is 4.33. The Morgan fingerprint density at radius 3 is 2.80 bits per heavy atom. The van der Waals surface area contributed by atoms with Gasteiger partial charge < -0.3 is 9.15 Å². The van der Waals surface area contributed by atoms with Gasteiger partial charge in [-0.1, -0.05) is 19.6 Å². The molecule has 0 saturated heterocycles. The minimum absolute atomic E-state index is 0.134. The van der Waals surface area contributed by atoms with Gasteiger partial charge in [-0.3, -0.25) is 4.79 Å². The molecule has 0 spiro atoms. The van der Waals surface area contributed by atoms with Crippen molar-refractivity contribution in [2.45, 2.75) is 32.4 Å². The van der Waals surface area contributed by atoms with Crippen LogP contribution in [0.25, 0.3) is 22.7 Å². The number of rotatable bonds is 6. The third-order valence-electron chi connectivity index (χ3n) is 3.65. The number of nitrogens with zero attached hydrogens (tertiary/aromatic N) is 3. The molecule has 0 atom stereocenters. The molecule has 6 nitrogen and oxygen atoms in total. The van der Waals surface area contributed by atoms with Crippen LogP contribution in [0, 0.1) is 3.57 Å². The molecule has 0 aliphatic rings. The summed E-state index contributed by atoms with van der Waals surface area (Å²) in [5.41, 5.74) is 1.77. The maximum absolute atomic E-state index is 12.0. The Hall–Kier alpha value is -1.52. The van der Waals surface area contributed by atoms with Crippen molar-refractivity contribution in [3.05, 3.63) is 44.3 Å². The minimum atomic E-state index is -1.15. The number of oxazole rings is 1. The summed E-state index contributed by atoms with van der Waals surface area (Å²) in [6.07, 6.45) is 0. The highest BCUT2D eigenvalue weighted by atomic mass is 127. The molecule has 0 unspecified atom stereocenters. The highest BCUT2D eigenvalue weighted by Crippen LogP contribution is 2.23. The molecule has 0 radical (unpaired) electrons. The van der Waals surface area contributed by atoms with E-state index < -0.39 is 8.07 Å². The number of hydrogen-bond acceptors (Lipinski definition) is 5. The molecule has 3 aromatic rings. The van der Waals surface area contributed by atoms with Gasteiger partial charge in [-0.15, -0.1) is 0 Å². The van der Waals surface area contributed by atoms with E-state index in [0.717, 1.165) is 15.1 Å². The van der Waals surface area contributed by atoms with E-state index in [4.69, 9.17) is 9.15 Å². The fourth-order valence-electron chi connectivity index (χ4n) is 2.19. The van der Waals surface area contributed by atoms with Crippen LogP contribution in [0.2, 0.25) is 25.7 Å². The molecule has 8 heteroatoms. The Kier molecular flexibility index (Phi) is 5.40. The van der Waals surface area contributed by atoms with E-state index >= 15 is 0 Å². The van der Waals surface area contributed by atoms with E-state index in [1.807, 2.05) is 18.2 Å². The second kappa shape index (κ2) is 7.38. The molecule has 2 heterocycles. The Bertz CT molecular complexity index is 946. The van der Waals surface area contributed by atoms with Gasteiger partial charge in [0, 0.05) is 24.3 Å². The zero-order valence-corrected chi connectivity index (χ0v) is 17.6. The van der Waals surface area contributed by atoms with Crippen LogP contribution in [0.4, 0.5) is 0 Å². The van der Waals surface area contributed by atoms with Crippen molar-refractivity contribution in [2.75, 3.05) is 6.61 Å². The molecule has 0 saturated carbocycles. The fourth-order valence-corrected chi connectivity index (χ4v) is 3.43. The van der Waals surface area contributed by atoms with Crippen molar-refractivity contribution in [2.24, 2.45) is 0 Å². The first-order valence-electron chi connectivity index (χ1n) is 8.04. The maximum Gasteiger partial charge on any atom is 0.268 e. The molecular weight excluding hydrogens is 449 g/mol. The van der Waals surface area contributed by atoms with Crippen LogP contribution in [0.5, 0.6) is 0 Å². The lowest BCUT2D eigenvalue weighted by Crippen LogP contribution is -2.26. The van der Waals surface area contributed by atoms with Crippen LogP contribution in [0.15, 0.2) is 39.5 Å². The number of hydrogen-bond donors (Lipinski definition) is 0. The predicted octanol–water partition coefficient (Wildman–Crippen LogP) is 3.97. The quantitative estimate of drug-likeness (QED) is 0.311. The molecule has 3 rings (SSSR count). The van der Waals surface area contributed by atoms with Crippen LogP contribution in [-0.4, -0.2) is 29.4 Å². The van der Waals surface area contributed by atoms with Gasteiger partial charge in [-0.05, 0) is 52.9 Å². The van der Waals surface area contributed by atoms with E-state index in [-0.39, 0.29) is 12.3 Å². The topological polar surface area (TPSA) is 70.2 Å². The van der Waals surface area contributed by atoms with Crippen LogP contribution in [-0.2, 0) is 11.5 Å². The van der Waals surface area contributed by atoms with Gasteiger partial charge in [0.05, 0.1) is 0 Å².